The second-order valence-corrected chi connectivity index (χ2v) is 7.69. The fourth-order valence-corrected chi connectivity index (χ4v) is 2.65. The summed E-state index contributed by atoms with van der Waals surface area (Å²) < 4.78 is 5.26. The Hall–Kier alpha value is -2.12. The van der Waals surface area contributed by atoms with Gasteiger partial charge in [0, 0.05) is 6.54 Å². The lowest BCUT2D eigenvalue weighted by atomic mass is 10.0. The first-order chi connectivity index (χ1) is 11.4. The van der Waals surface area contributed by atoms with E-state index in [1.807, 2.05) is 13.8 Å². The van der Waals surface area contributed by atoms with Crippen LogP contribution in [-0.2, 0) is 19.1 Å². The maximum atomic E-state index is 12.4. The minimum Gasteiger partial charge on any atom is -0.480 e. The van der Waals surface area contributed by atoms with Gasteiger partial charge in [-0.3, -0.25) is 14.5 Å². The van der Waals surface area contributed by atoms with E-state index in [0.717, 1.165) is 0 Å². The number of ketones is 1. The number of carboxylic acids is 1. The maximum absolute atomic E-state index is 12.4. The maximum Gasteiger partial charge on any atom is 0.410 e. The van der Waals surface area contributed by atoms with Crippen LogP contribution in [0.2, 0.25) is 0 Å². The van der Waals surface area contributed by atoms with Crippen molar-refractivity contribution in [1.82, 2.24) is 10.2 Å². The summed E-state index contributed by atoms with van der Waals surface area (Å²) in [5.41, 5.74) is -0.707. The van der Waals surface area contributed by atoms with E-state index < -0.39 is 41.4 Å². The van der Waals surface area contributed by atoms with Gasteiger partial charge in [0.25, 0.3) is 5.91 Å². The molecule has 2 atom stereocenters. The number of ether oxygens (including phenoxy) is 1. The highest BCUT2D eigenvalue weighted by atomic mass is 16.6. The molecule has 25 heavy (non-hydrogen) atoms. The number of Topliss-reactive ketones (excluding diaryl/α,β-unsaturated/α-hetero) is 1. The van der Waals surface area contributed by atoms with Crippen molar-refractivity contribution >= 4 is 23.8 Å². The van der Waals surface area contributed by atoms with Crippen LogP contribution < -0.4 is 5.32 Å². The van der Waals surface area contributed by atoms with Gasteiger partial charge >= 0.3 is 12.1 Å². The Morgan fingerprint density at radius 2 is 1.84 bits per heavy atom. The predicted octanol–water partition coefficient (Wildman–Crippen LogP) is 1.57. The second-order valence-electron chi connectivity index (χ2n) is 7.69. The van der Waals surface area contributed by atoms with Crippen molar-refractivity contribution in [2.24, 2.45) is 5.92 Å². The fourth-order valence-electron chi connectivity index (χ4n) is 2.65. The molecule has 0 spiro atoms. The topological polar surface area (TPSA) is 113 Å². The zero-order valence-corrected chi connectivity index (χ0v) is 15.5. The lowest BCUT2D eigenvalue weighted by Gasteiger charge is -2.28. The molecule has 1 unspecified atom stereocenters. The predicted molar refractivity (Wildman–Crippen MR) is 90.0 cm³/mol. The van der Waals surface area contributed by atoms with Crippen LogP contribution >= 0.6 is 0 Å². The Morgan fingerprint density at radius 1 is 1.24 bits per heavy atom. The number of likely N-dealkylation sites (tertiary alicyclic amines) is 1. The molecule has 2 amide bonds. The second kappa shape index (κ2) is 8.31. The summed E-state index contributed by atoms with van der Waals surface area (Å²) in [5, 5.41) is 11.4. The largest absolute Gasteiger partial charge is 0.480 e. The van der Waals surface area contributed by atoms with Crippen molar-refractivity contribution in [3.05, 3.63) is 0 Å². The molecule has 1 heterocycles. The molecule has 0 aliphatic carbocycles. The fraction of sp³-hybridized carbons (Fsp3) is 0.765. The van der Waals surface area contributed by atoms with Crippen molar-refractivity contribution in [3.8, 4) is 0 Å². The Labute approximate surface area is 147 Å². The quantitative estimate of drug-likeness (QED) is 0.699. The van der Waals surface area contributed by atoms with E-state index in [9.17, 15) is 24.3 Å². The molecule has 8 heteroatoms. The highest BCUT2D eigenvalue weighted by Crippen LogP contribution is 2.21. The van der Waals surface area contributed by atoms with Gasteiger partial charge in [-0.15, -0.1) is 0 Å². The molecular weight excluding hydrogens is 328 g/mol. The summed E-state index contributed by atoms with van der Waals surface area (Å²) in [6.45, 7) is 9.12. The number of nitrogens with zero attached hydrogens (tertiary/aromatic N) is 1. The van der Waals surface area contributed by atoms with Crippen LogP contribution in [0.15, 0.2) is 0 Å². The van der Waals surface area contributed by atoms with Crippen molar-refractivity contribution in [2.45, 2.75) is 71.6 Å². The van der Waals surface area contributed by atoms with Gasteiger partial charge in [0.15, 0.2) is 0 Å². The molecule has 0 radical (unpaired) electrons. The lowest BCUT2D eigenvalue weighted by molar-refractivity contribution is -0.145. The molecule has 0 aromatic heterocycles. The molecule has 8 nitrogen and oxygen atoms in total. The summed E-state index contributed by atoms with van der Waals surface area (Å²) in [7, 11) is 0. The van der Waals surface area contributed by atoms with Gasteiger partial charge in [0.1, 0.15) is 17.7 Å². The van der Waals surface area contributed by atoms with Gasteiger partial charge < -0.3 is 15.2 Å². The summed E-state index contributed by atoms with van der Waals surface area (Å²) in [5.74, 6) is -2.93. The van der Waals surface area contributed by atoms with E-state index in [-0.39, 0.29) is 12.3 Å². The van der Waals surface area contributed by atoms with Crippen LogP contribution in [0.25, 0.3) is 0 Å². The van der Waals surface area contributed by atoms with E-state index in [4.69, 9.17) is 4.74 Å². The Bertz CT molecular complexity index is 538. The highest BCUT2D eigenvalue weighted by Gasteiger charge is 2.40. The van der Waals surface area contributed by atoms with E-state index in [0.29, 0.717) is 19.4 Å². The number of amides is 2. The smallest absolute Gasteiger partial charge is 0.410 e. The van der Waals surface area contributed by atoms with Crippen LogP contribution in [0.5, 0.6) is 0 Å². The standard InChI is InChI=1S/C17H28N2O6/c1-10(2)9-11(15(22)23)18-14(21)13(20)12-7-6-8-19(12)16(24)25-17(3,4)5/h10-12H,6-9H2,1-5H3,(H,18,21)(H,22,23)/t11-,12?/m1/s1. The molecule has 1 aliphatic heterocycles. The van der Waals surface area contributed by atoms with Crippen molar-refractivity contribution in [1.29, 1.82) is 0 Å². The number of aliphatic carboxylic acids is 1. The highest BCUT2D eigenvalue weighted by molar-refractivity contribution is 6.38. The Morgan fingerprint density at radius 3 is 2.32 bits per heavy atom. The minimum atomic E-state index is -1.19. The average molecular weight is 356 g/mol. The molecule has 0 saturated carbocycles. The zero-order chi connectivity index (χ0) is 19.4. The number of hydrogen-bond acceptors (Lipinski definition) is 5. The van der Waals surface area contributed by atoms with E-state index >= 15 is 0 Å². The Balaban J connectivity index is 2.77. The summed E-state index contributed by atoms with van der Waals surface area (Å²) >= 11 is 0. The van der Waals surface area contributed by atoms with Crippen molar-refractivity contribution in [2.75, 3.05) is 6.54 Å². The van der Waals surface area contributed by atoms with Crippen molar-refractivity contribution in [3.63, 3.8) is 0 Å². The van der Waals surface area contributed by atoms with E-state index in [1.165, 1.54) is 4.90 Å². The summed E-state index contributed by atoms with van der Waals surface area (Å²) in [6.07, 6.45) is 0.507. The van der Waals surface area contributed by atoms with Gasteiger partial charge in [-0.2, -0.15) is 0 Å². The molecule has 1 rings (SSSR count). The van der Waals surface area contributed by atoms with E-state index in [2.05, 4.69) is 5.32 Å². The summed E-state index contributed by atoms with van der Waals surface area (Å²) in [6, 6.07) is -2.05. The number of nitrogens with one attached hydrogen (secondary N) is 1. The van der Waals surface area contributed by atoms with E-state index in [1.54, 1.807) is 20.8 Å². The van der Waals surface area contributed by atoms with Crippen LogP contribution in [-0.4, -0.2) is 58.0 Å². The van der Waals surface area contributed by atoms with Crippen LogP contribution in [0.3, 0.4) is 0 Å². The first-order valence-corrected chi connectivity index (χ1v) is 8.49. The van der Waals surface area contributed by atoms with Gasteiger partial charge in [-0.05, 0) is 46.0 Å². The molecule has 2 N–H and O–H groups in total. The number of carbonyl (C=O) groups excluding carboxylic acids is 3. The molecular formula is C17H28N2O6. The normalized spacial score (nSPS) is 18.8. The number of carboxylic acid groups (broad SMARTS) is 1. The third kappa shape index (κ3) is 6.36. The molecule has 1 aliphatic rings. The molecule has 0 aromatic carbocycles. The van der Waals surface area contributed by atoms with Gasteiger partial charge in [-0.25, -0.2) is 9.59 Å². The average Bonchev–Trinajstić information content (AvgIpc) is 2.92. The lowest BCUT2D eigenvalue weighted by Crippen LogP contribution is -2.51. The minimum absolute atomic E-state index is 0.0428. The molecule has 0 aromatic rings. The molecule has 142 valence electrons. The summed E-state index contributed by atoms with van der Waals surface area (Å²) in [4.78, 5) is 49.3. The monoisotopic (exact) mass is 356 g/mol. The van der Waals surface area contributed by atoms with Gasteiger partial charge in [-0.1, -0.05) is 13.8 Å². The number of rotatable bonds is 6. The van der Waals surface area contributed by atoms with Gasteiger partial charge in [0.2, 0.25) is 5.78 Å². The SMILES string of the molecule is CC(C)C[C@@H](NC(=O)C(=O)C1CCCN1C(=O)OC(C)(C)C)C(=O)O. The van der Waals surface area contributed by atoms with Crippen LogP contribution in [0, 0.1) is 5.92 Å². The molecule has 0 bridgehead atoms. The molecule has 1 saturated heterocycles. The van der Waals surface area contributed by atoms with Crippen molar-refractivity contribution < 1.29 is 29.0 Å². The first kappa shape index (κ1) is 20.9. The Kier molecular flexibility index (Phi) is 6.96. The first-order valence-electron chi connectivity index (χ1n) is 8.49. The van der Waals surface area contributed by atoms with Crippen LogP contribution in [0.1, 0.15) is 53.9 Å². The molecule has 1 fully saturated rings. The van der Waals surface area contributed by atoms with Gasteiger partial charge in [0.05, 0.1) is 0 Å². The third-order valence-electron chi connectivity index (χ3n) is 3.72. The van der Waals surface area contributed by atoms with Crippen LogP contribution in [0.4, 0.5) is 4.79 Å². The zero-order valence-electron chi connectivity index (χ0n) is 15.5. The number of hydrogen-bond donors (Lipinski definition) is 2. The third-order valence-corrected chi connectivity index (χ3v) is 3.72. The number of carbonyl (C=O) groups is 4.